The second-order valence-corrected chi connectivity index (χ2v) is 8.35. The van der Waals surface area contributed by atoms with Gasteiger partial charge in [-0.1, -0.05) is 46.3 Å². The minimum absolute atomic E-state index is 0.162. The lowest BCUT2D eigenvalue weighted by Gasteiger charge is -2.14. The molecule has 0 atom stereocenters. The number of amides is 3. The summed E-state index contributed by atoms with van der Waals surface area (Å²) in [7, 11) is 1.47. The normalized spacial score (nSPS) is 10.6. The Bertz CT molecular complexity index is 1410. The topological polar surface area (TPSA) is 101 Å². The molecule has 0 saturated carbocycles. The highest BCUT2D eigenvalue weighted by atomic mass is 79.9. The first kappa shape index (κ1) is 23.1. The molecule has 0 saturated heterocycles. The van der Waals surface area contributed by atoms with E-state index in [9.17, 15) is 14.4 Å². The van der Waals surface area contributed by atoms with Gasteiger partial charge in [0.1, 0.15) is 11.4 Å². The molecule has 4 rings (SSSR count). The zero-order valence-corrected chi connectivity index (χ0v) is 20.0. The Morgan fingerprint density at radius 2 is 1.56 bits per heavy atom. The predicted octanol–water partition coefficient (Wildman–Crippen LogP) is 4.68. The molecule has 34 heavy (non-hydrogen) atoms. The van der Waals surface area contributed by atoms with Gasteiger partial charge in [-0.05, 0) is 55.0 Å². The molecule has 1 heterocycles. The predicted molar refractivity (Wildman–Crippen MR) is 135 cm³/mol. The number of halogens is 1. The fourth-order valence-electron chi connectivity index (χ4n) is 3.45. The van der Waals surface area contributed by atoms with Gasteiger partial charge in [-0.15, -0.1) is 0 Å². The summed E-state index contributed by atoms with van der Waals surface area (Å²) in [4.78, 5) is 38.6. The summed E-state index contributed by atoms with van der Waals surface area (Å²) in [5, 5.41) is 6.09. The molecule has 3 N–H and O–H groups in total. The van der Waals surface area contributed by atoms with Crippen molar-refractivity contribution in [2.75, 3.05) is 23.2 Å². The molecule has 0 radical (unpaired) electrons. The molecule has 4 aromatic rings. The van der Waals surface area contributed by atoms with E-state index in [1.54, 1.807) is 48.5 Å². The first-order valence-corrected chi connectivity index (χ1v) is 11.1. The zero-order chi connectivity index (χ0) is 24.2. The van der Waals surface area contributed by atoms with E-state index < -0.39 is 17.7 Å². The van der Waals surface area contributed by atoms with Crippen LogP contribution in [0.15, 0.2) is 77.3 Å². The summed E-state index contributed by atoms with van der Waals surface area (Å²) >= 11 is 3.42. The van der Waals surface area contributed by atoms with Crippen molar-refractivity contribution < 1.29 is 19.1 Å². The number of aryl methyl sites for hydroxylation is 1. The van der Waals surface area contributed by atoms with Gasteiger partial charge in [0.05, 0.1) is 18.3 Å². The van der Waals surface area contributed by atoms with E-state index >= 15 is 0 Å². The highest BCUT2D eigenvalue weighted by molar-refractivity contribution is 9.10. The smallest absolute Gasteiger partial charge is 0.328 e. The van der Waals surface area contributed by atoms with Crippen LogP contribution in [-0.4, -0.2) is 29.5 Å². The average molecular weight is 521 g/mol. The summed E-state index contributed by atoms with van der Waals surface area (Å²) in [5.41, 5.74) is 5.14. The summed E-state index contributed by atoms with van der Waals surface area (Å²) in [5.74, 6) is -1.88. The van der Waals surface area contributed by atoms with Gasteiger partial charge in [0.15, 0.2) is 0 Å². The van der Waals surface area contributed by atoms with Crippen molar-refractivity contribution in [3.05, 3.63) is 88.5 Å². The van der Waals surface area contributed by atoms with Gasteiger partial charge >= 0.3 is 11.8 Å². The van der Waals surface area contributed by atoms with E-state index in [1.807, 2.05) is 31.2 Å². The average Bonchev–Trinajstić information content (AvgIpc) is 3.18. The first-order valence-electron chi connectivity index (χ1n) is 10.3. The number of nitrogens with zero attached hydrogens (tertiary/aromatic N) is 1. The Hall–Kier alpha value is -4.11. The summed E-state index contributed by atoms with van der Waals surface area (Å²) < 4.78 is 7.32. The van der Waals surface area contributed by atoms with Crippen molar-refractivity contribution in [2.24, 2.45) is 0 Å². The number of benzene rings is 3. The number of hydrogen-bond donors (Lipinski definition) is 3. The number of ether oxygens (including phenoxy) is 1. The van der Waals surface area contributed by atoms with E-state index in [1.165, 1.54) is 11.8 Å². The molecule has 0 spiro atoms. The van der Waals surface area contributed by atoms with E-state index in [0.29, 0.717) is 28.0 Å². The maximum absolute atomic E-state index is 13.2. The third kappa shape index (κ3) is 4.79. The molecule has 8 nitrogen and oxygen atoms in total. The molecular formula is C25H21BrN4O4. The Morgan fingerprint density at radius 1 is 0.853 bits per heavy atom. The fraction of sp³-hybridized carbons (Fsp3) is 0.0800. The minimum Gasteiger partial charge on any atom is -0.495 e. The lowest BCUT2D eigenvalue weighted by Crippen LogP contribution is -2.36. The molecule has 0 bridgehead atoms. The lowest BCUT2D eigenvalue weighted by atomic mass is 10.2. The van der Waals surface area contributed by atoms with Crippen LogP contribution in [0.25, 0.3) is 10.9 Å². The molecule has 0 aliphatic heterocycles. The van der Waals surface area contributed by atoms with E-state index in [2.05, 4.69) is 32.0 Å². The van der Waals surface area contributed by atoms with Gasteiger partial charge in [-0.3, -0.25) is 19.8 Å². The van der Waals surface area contributed by atoms with Crippen LogP contribution in [0.3, 0.4) is 0 Å². The molecular weight excluding hydrogens is 500 g/mol. The number of hydrogen-bond acceptors (Lipinski definition) is 4. The van der Waals surface area contributed by atoms with Crippen LogP contribution in [0.2, 0.25) is 0 Å². The molecule has 0 fully saturated rings. The van der Waals surface area contributed by atoms with E-state index in [-0.39, 0.29) is 5.69 Å². The summed E-state index contributed by atoms with van der Waals surface area (Å²) in [6.45, 7) is 1.88. The quantitative estimate of drug-likeness (QED) is 0.332. The van der Waals surface area contributed by atoms with Crippen LogP contribution in [0, 0.1) is 6.92 Å². The standard InChI is InChI=1S/C25H21BrN4O4/c1-15-7-3-4-8-18(15)27-23(31)21-14-16-13-17(26)11-12-20(16)30(21)29-25(33)24(32)28-19-9-5-6-10-22(19)34-2/h3-14H,1-2H3,(H,27,31)(H,28,32)(H,29,33). The number of carbonyl (C=O) groups is 3. The van der Waals surface area contributed by atoms with Crippen LogP contribution >= 0.6 is 15.9 Å². The number of nitrogens with one attached hydrogen (secondary N) is 3. The number of carbonyl (C=O) groups excluding carboxylic acids is 3. The number of methoxy groups -OCH3 is 1. The first-order chi connectivity index (χ1) is 16.4. The molecule has 3 aromatic carbocycles. The Labute approximate surface area is 204 Å². The molecule has 3 amide bonds. The van der Waals surface area contributed by atoms with Crippen molar-refractivity contribution in [3.63, 3.8) is 0 Å². The van der Waals surface area contributed by atoms with Crippen LogP contribution < -0.4 is 20.8 Å². The van der Waals surface area contributed by atoms with Crippen LogP contribution in [0.1, 0.15) is 16.1 Å². The van der Waals surface area contributed by atoms with Crippen molar-refractivity contribution in [2.45, 2.75) is 6.92 Å². The molecule has 9 heteroatoms. The SMILES string of the molecule is COc1ccccc1NC(=O)C(=O)Nn1c(C(=O)Nc2ccccc2C)cc2cc(Br)ccc21. The number of anilines is 2. The van der Waals surface area contributed by atoms with Crippen LogP contribution in [-0.2, 0) is 9.59 Å². The fourth-order valence-corrected chi connectivity index (χ4v) is 3.83. The molecule has 0 unspecified atom stereocenters. The van der Waals surface area contributed by atoms with Gasteiger partial charge in [0.25, 0.3) is 5.91 Å². The second kappa shape index (κ2) is 9.80. The molecule has 0 aliphatic rings. The Balaban J connectivity index is 1.64. The number of aromatic nitrogens is 1. The largest absolute Gasteiger partial charge is 0.495 e. The number of fused-ring (bicyclic) bond motifs is 1. The van der Waals surface area contributed by atoms with Crippen LogP contribution in [0.5, 0.6) is 5.75 Å². The van der Waals surface area contributed by atoms with Crippen molar-refractivity contribution in [1.29, 1.82) is 0 Å². The van der Waals surface area contributed by atoms with Gasteiger partial charge in [-0.2, -0.15) is 0 Å². The van der Waals surface area contributed by atoms with Crippen molar-refractivity contribution >= 4 is 55.9 Å². The minimum atomic E-state index is -0.948. The van der Waals surface area contributed by atoms with Gasteiger partial charge in [-0.25, -0.2) is 4.68 Å². The van der Waals surface area contributed by atoms with E-state index in [4.69, 9.17) is 4.74 Å². The third-order valence-electron chi connectivity index (χ3n) is 5.16. The summed E-state index contributed by atoms with van der Waals surface area (Å²) in [6, 6.07) is 21.1. The zero-order valence-electron chi connectivity index (χ0n) is 18.4. The molecule has 172 valence electrons. The van der Waals surface area contributed by atoms with Crippen LogP contribution in [0.4, 0.5) is 11.4 Å². The maximum Gasteiger partial charge on any atom is 0.328 e. The van der Waals surface area contributed by atoms with Gasteiger partial charge in [0, 0.05) is 15.5 Å². The highest BCUT2D eigenvalue weighted by Crippen LogP contribution is 2.25. The summed E-state index contributed by atoms with van der Waals surface area (Å²) in [6.07, 6.45) is 0. The Kier molecular flexibility index (Phi) is 6.65. The van der Waals surface area contributed by atoms with Gasteiger partial charge < -0.3 is 15.4 Å². The number of para-hydroxylation sites is 3. The monoisotopic (exact) mass is 520 g/mol. The number of rotatable bonds is 5. The van der Waals surface area contributed by atoms with E-state index in [0.717, 1.165) is 10.0 Å². The molecule has 1 aromatic heterocycles. The maximum atomic E-state index is 13.2. The molecule has 0 aliphatic carbocycles. The third-order valence-corrected chi connectivity index (χ3v) is 5.66. The van der Waals surface area contributed by atoms with Gasteiger partial charge in [0.2, 0.25) is 0 Å². The van der Waals surface area contributed by atoms with Crippen molar-refractivity contribution in [1.82, 2.24) is 4.68 Å². The second-order valence-electron chi connectivity index (χ2n) is 7.43. The lowest BCUT2D eigenvalue weighted by molar-refractivity contribution is -0.133. The Morgan fingerprint density at radius 3 is 2.29 bits per heavy atom. The highest BCUT2D eigenvalue weighted by Gasteiger charge is 2.22. The van der Waals surface area contributed by atoms with Crippen molar-refractivity contribution in [3.8, 4) is 5.75 Å².